The minimum Gasteiger partial charge on any atom is -0.309 e. The standard InChI is InChI=1S/C19H22N4OS/c1-11-5-6-14-15(8-11)25-19-16(14)18(24)22-17(23-19)12(2)21-10-13-4-3-7-20-9-13/h3-4,7,9,11-12,21H,5-6,8,10H2,1-2H3,(H,22,23,24)/t11-,12+/m1/s1. The zero-order valence-electron chi connectivity index (χ0n) is 14.5. The molecule has 2 atom stereocenters. The molecular weight excluding hydrogens is 332 g/mol. The summed E-state index contributed by atoms with van der Waals surface area (Å²) in [6.45, 7) is 4.99. The number of aromatic nitrogens is 3. The van der Waals surface area contributed by atoms with Crippen LogP contribution in [0.5, 0.6) is 0 Å². The first-order chi connectivity index (χ1) is 12.1. The van der Waals surface area contributed by atoms with Crippen molar-refractivity contribution >= 4 is 21.6 Å². The molecule has 4 rings (SSSR count). The second-order valence-corrected chi connectivity index (χ2v) is 8.03. The van der Waals surface area contributed by atoms with Crippen molar-refractivity contribution < 1.29 is 0 Å². The summed E-state index contributed by atoms with van der Waals surface area (Å²) in [5, 5.41) is 4.22. The molecule has 0 bridgehead atoms. The number of pyridine rings is 1. The number of thiophene rings is 1. The molecule has 0 radical (unpaired) electrons. The zero-order chi connectivity index (χ0) is 17.4. The molecule has 5 nitrogen and oxygen atoms in total. The third kappa shape index (κ3) is 3.24. The summed E-state index contributed by atoms with van der Waals surface area (Å²) >= 11 is 1.69. The predicted molar refractivity (Wildman–Crippen MR) is 101 cm³/mol. The largest absolute Gasteiger partial charge is 0.309 e. The van der Waals surface area contributed by atoms with Crippen LogP contribution < -0.4 is 10.9 Å². The van der Waals surface area contributed by atoms with Crippen LogP contribution in [0.25, 0.3) is 10.2 Å². The van der Waals surface area contributed by atoms with E-state index in [0.29, 0.717) is 18.3 Å². The van der Waals surface area contributed by atoms with Crippen molar-refractivity contribution in [3.05, 3.63) is 56.7 Å². The van der Waals surface area contributed by atoms with Crippen molar-refractivity contribution in [3.63, 3.8) is 0 Å². The normalized spacial score (nSPS) is 18.2. The molecule has 3 aromatic heterocycles. The number of aromatic amines is 1. The summed E-state index contributed by atoms with van der Waals surface area (Å²) < 4.78 is 0. The summed E-state index contributed by atoms with van der Waals surface area (Å²) in [6, 6.07) is 3.92. The van der Waals surface area contributed by atoms with Gasteiger partial charge in [0, 0.05) is 23.8 Å². The molecule has 3 aromatic rings. The Morgan fingerprint density at radius 3 is 3.16 bits per heavy atom. The van der Waals surface area contributed by atoms with E-state index in [1.807, 2.05) is 25.3 Å². The lowest BCUT2D eigenvalue weighted by atomic mass is 9.89. The Bertz CT molecular complexity index is 947. The Kier molecular flexibility index (Phi) is 4.39. The van der Waals surface area contributed by atoms with E-state index >= 15 is 0 Å². The number of rotatable bonds is 4. The van der Waals surface area contributed by atoms with Gasteiger partial charge in [0.1, 0.15) is 10.7 Å². The fraction of sp³-hybridized carbons (Fsp3) is 0.421. The Labute approximate surface area is 150 Å². The van der Waals surface area contributed by atoms with Crippen LogP contribution in [0.15, 0.2) is 29.3 Å². The second-order valence-electron chi connectivity index (χ2n) is 6.95. The molecule has 1 aliphatic carbocycles. The molecule has 2 N–H and O–H groups in total. The van der Waals surface area contributed by atoms with E-state index < -0.39 is 0 Å². The summed E-state index contributed by atoms with van der Waals surface area (Å²) in [5.74, 6) is 1.40. The second kappa shape index (κ2) is 6.69. The maximum atomic E-state index is 12.7. The molecule has 0 saturated heterocycles. The van der Waals surface area contributed by atoms with Crippen LogP contribution >= 0.6 is 11.3 Å². The molecule has 0 saturated carbocycles. The molecule has 0 amide bonds. The van der Waals surface area contributed by atoms with Crippen LogP contribution in [0.4, 0.5) is 0 Å². The summed E-state index contributed by atoms with van der Waals surface area (Å²) in [6.07, 6.45) is 6.82. The Balaban J connectivity index is 1.61. The molecule has 0 unspecified atom stereocenters. The van der Waals surface area contributed by atoms with Crippen molar-refractivity contribution in [2.75, 3.05) is 0 Å². The number of nitrogens with one attached hydrogen (secondary N) is 2. The van der Waals surface area contributed by atoms with Gasteiger partial charge in [0.05, 0.1) is 11.4 Å². The Morgan fingerprint density at radius 2 is 2.36 bits per heavy atom. The number of H-pyrrole nitrogens is 1. The van der Waals surface area contributed by atoms with Gasteiger partial charge >= 0.3 is 0 Å². The number of nitrogens with zero attached hydrogens (tertiary/aromatic N) is 2. The monoisotopic (exact) mass is 354 g/mol. The minimum absolute atomic E-state index is 0.00193. The molecule has 0 aliphatic heterocycles. The third-order valence-corrected chi connectivity index (χ3v) is 6.08. The van der Waals surface area contributed by atoms with Gasteiger partial charge in [-0.05, 0) is 49.3 Å². The van der Waals surface area contributed by atoms with Crippen LogP contribution in [0, 0.1) is 5.92 Å². The van der Waals surface area contributed by atoms with Crippen molar-refractivity contribution in [3.8, 4) is 0 Å². The first-order valence-electron chi connectivity index (χ1n) is 8.78. The van der Waals surface area contributed by atoms with E-state index in [1.54, 1.807) is 17.5 Å². The molecule has 0 aromatic carbocycles. The highest BCUT2D eigenvalue weighted by atomic mass is 32.1. The first-order valence-corrected chi connectivity index (χ1v) is 9.60. The average Bonchev–Trinajstić information content (AvgIpc) is 2.98. The van der Waals surface area contributed by atoms with Gasteiger partial charge in [0.2, 0.25) is 0 Å². The van der Waals surface area contributed by atoms with Gasteiger partial charge in [-0.25, -0.2) is 4.98 Å². The molecule has 25 heavy (non-hydrogen) atoms. The summed E-state index contributed by atoms with van der Waals surface area (Å²) in [7, 11) is 0. The van der Waals surface area contributed by atoms with Gasteiger partial charge in [-0.15, -0.1) is 11.3 Å². The minimum atomic E-state index is -0.0321. The molecule has 130 valence electrons. The highest BCUT2D eigenvalue weighted by Crippen LogP contribution is 2.35. The van der Waals surface area contributed by atoms with Gasteiger partial charge in [-0.1, -0.05) is 13.0 Å². The molecular formula is C19H22N4OS. The van der Waals surface area contributed by atoms with Crippen LogP contribution in [0.2, 0.25) is 0 Å². The van der Waals surface area contributed by atoms with E-state index in [9.17, 15) is 4.79 Å². The molecule has 0 spiro atoms. The van der Waals surface area contributed by atoms with Crippen molar-refractivity contribution in [2.45, 2.75) is 45.7 Å². The lowest BCUT2D eigenvalue weighted by Crippen LogP contribution is -2.23. The van der Waals surface area contributed by atoms with Gasteiger partial charge in [0.15, 0.2) is 0 Å². The van der Waals surface area contributed by atoms with Crippen LogP contribution in [-0.2, 0) is 19.4 Å². The highest BCUT2D eigenvalue weighted by Gasteiger charge is 2.23. The van der Waals surface area contributed by atoms with E-state index in [2.05, 4.69) is 22.2 Å². The van der Waals surface area contributed by atoms with E-state index in [-0.39, 0.29) is 11.6 Å². The summed E-state index contributed by atoms with van der Waals surface area (Å²) in [5.41, 5.74) is 2.34. The smallest absolute Gasteiger partial charge is 0.259 e. The maximum absolute atomic E-state index is 12.7. The number of hydrogen-bond acceptors (Lipinski definition) is 5. The van der Waals surface area contributed by atoms with Gasteiger partial charge in [0.25, 0.3) is 5.56 Å². The van der Waals surface area contributed by atoms with Gasteiger partial charge < -0.3 is 10.3 Å². The lowest BCUT2D eigenvalue weighted by molar-refractivity contribution is 0.509. The fourth-order valence-corrected chi connectivity index (χ4v) is 4.83. The quantitative estimate of drug-likeness (QED) is 0.754. The number of aryl methyl sites for hydroxylation is 1. The van der Waals surface area contributed by atoms with Crippen LogP contribution in [0.3, 0.4) is 0 Å². The van der Waals surface area contributed by atoms with E-state index in [4.69, 9.17) is 4.98 Å². The van der Waals surface area contributed by atoms with Crippen LogP contribution in [0.1, 0.15) is 48.1 Å². The van der Waals surface area contributed by atoms with Gasteiger partial charge in [-0.3, -0.25) is 9.78 Å². The zero-order valence-corrected chi connectivity index (χ0v) is 15.3. The fourth-order valence-electron chi connectivity index (χ4n) is 3.44. The maximum Gasteiger partial charge on any atom is 0.259 e. The number of fused-ring (bicyclic) bond motifs is 3. The van der Waals surface area contributed by atoms with Crippen molar-refractivity contribution in [1.29, 1.82) is 0 Å². The first kappa shape index (κ1) is 16.4. The molecule has 3 heterocycles. The lowest BCUT2D eigenvalue weighted by Gasteiger charge is -2.17. The van der Waals surface area contributed by atoms with Crippen molar-refractivity contribution in [2.24, 2.45) is 5.92 Å². The Hall–Kier alpha value is -2.05. The van der Waals surface area contributed by atoms with Crippen LogP contribution in [-0.4, -0.2) is 15.0 Å². The molecule has 6 heteroatoms. The third-order valence-electron chi connectivity index (χ3n) is 4.93. The predicted octanol–water partition coefficient (Wildman–Crippen LogP) is 3.36. The topological polar surface area (TPSA) is 70.7 Å². The van der Waals surface area contributed by atoms with E-state index in [0.717, 1.165) is 35.0 Å². The average molecular weight is 354 g/mol. The molecule has 0 fully saturated rings. The van der Waals surface area contributed by atoms with Gasteiger partial charge in [-0.2, -0.15) is 0 Å². The van der Waals surface area contributed by atoms with Crippen molar-refractivity contribution in [1.82, 2.24) is 20.3 Å². The Morgan fingerprint density at radius 1 is 1.48 bits per heavy atom. The SMILES string of the molecule is C[C@@H]1CCc2c(sc3nc([C@H](C)NCc4cccnc4)[nH]c(=O)c23)C1. The van der Waals surface area contributed by atoms with E-state index in [1.165, 1.54) is 10.4 Å². The molecule has 1 aliphatic rings. The number of hydrogen-bond donors (Lipinski definition) is 2. The summed E-state index contributed by atoms with van der Waals surface area (Å²) in [4.78, 5) is 26.8. The highest BCUT2D eigenvalue weighted by molar-refractivity contribution is 7.18.